The summed E-state index contributed by atoms with van der Waals surface area (Å²) in [6.07, 6.45) is -1.60. The van der Waals surface area contributed by atoms with Crippen LogP contribution in [0.5, 0.6) is 0 Å². The second-order valence-electron chi connectivity index (χ2n) is 2.64. The monoisotopic (exact) mass is 207 g/mol. The summed E-state index contributed by atoms with van der Waals surface area (Å²) in [7, 11) is 0. The Kier molecular flexibility index (Phi) is 3.29. The van der Waals surface area contributed by atoms with Crippen molar-refractivity contribution in [2.75, 3.05) is 6.61 Å². The topological polar surface area (TPSA) is 31.2 Å². The van der Waals surface area contributed by atoms with Gasteiger partial charge in [-0.15, -0.1) is 0 Å². The normalized spacial score (nSPS) is 11.6. The standard InChI is InChI=1S/C8H8F3NO2/c9-8(10,11)5-14-6-12-3-1-7(13)2-4-12/h1-4H,5-6H2. The fourth-order valence-corrected chi connectivity index (χ4v) is 0.796. The molecule has 0 spiro atoms. The minimum atomic E-state index is -4.32. The van der Waals surface area contributed by atoms with Gasteiger partial charge in [0.25, 0.3) is 0 Å². The van der Waals surface area contributed by atoms with Crippen LogP contribution in [0.3, 0.4) is 0 Å². The third kappa shape index (κ3) is 4.08. The Bertz CT molecular complexity index is 325. The Labute approximate surface area is 77.7 Å². The molecule has 14 heavy (non-hydrogen) atoms. The second-order valence-corrected chi connectivity index (χ2v) is 2.64. The lowest BCUT2D eigenvalue weighted by Gasteiger charge is -2.09. The summed E-state index contributed by atoms with van der Waals surface area (Å²) >= 11 is 0. The third-order valence-electron chi connectivity index (χ3n) is 1.37. The fraction of sp³-hybridized carbons (Fsp3) is 0.375. The summed E-state index contributed by atoms with van der Waals surface area (Å²) in [6, 6.07) is 2.49. The molecule has 0 saturated heterocycles. The molecule has 0 fully saturated rings. The van der Waals surface area contributed by atoms with E-state index >= 15 is 0 Å². The summed E-state index contributed by atoms with van der Waals surface area (Å²) in [4.78, 5) is 10.6. The Morgan fingerprint density at radius 2 is 1.86 bits per heavy atom. The predicted octanol–water partition coefficient (Wildman–Crippen LogP) is 1.38. The van der Waals surface area contributed by atoms with E-state index in [9.17, 15) is 18.0 Å². The van der Waals surface area contributed by atoms with Crippen molar-refractivity contribution in [3.05, 3.63) is 34.7 Å². The number of nitrogens with zero attached hydrogens (tertiary/aromatic N) is 1. The number of pyridine rings is 1. The molecular formula is C8H8F3NO2. The van der Waals surface area contributed by atoms with Gasteiger partial charge in [-0.25, -0.2) is 0 Å². The Morgan fingerprint density at radius 1 is 1.29 bits per heavy atom. The first kappa shape index (κ1) is 10.8. The van der Waals surface area contributed by atoms with Crippen molar-refractivity contribution in [2.45, 2.75) is 12.9 Å². The number of halogens is 3. The summed E-state index contributed by atoms with van der Waals surface area (Å²) in [5, 5.41) is 0. The molecule has 1 rings (SSSR count). The van der Waals surface area contributed by atoms with Gasteiger partial charge in [0.05, 0.1) is 0 Å². The van der Waals surface area contributed by atoms with E-state index in [0.29, 0.717) is 0 Å². The van der Waals surface area contributed by atoms with Gasteiger partial charge in [-0.1, -0.05) is 0 Å². The average molecular weight is 207 g/mol. The SMILES string of the molecule is O=c1ccn(COCC(F)(F)F)cc1. The molecule has 0 bridgehead atoms. The van der Waals surface area contributed by atoms with Crippen LogP contribution in [0.25, 0.3) is 0 Å². The molecule has 1 heterocycles. The molecule has 0 aliphatic carbocycles. The molecule has 0 amide bonds. The maximum Gasteiger partial charge on any atom is 0.411 e. The second kappa shape index (κ2) is 4.28. The quantitative estimate of drug-likeness (QED) is 0.749. The molecule has 0 atom stereocenters. The van der Waals surface area contributed by atoms with Crippen molar-refractivity contribution in [3.8, 4) is 0 Å². The van der Waals surface area contributed by atoms with Gasteiger partial charge < -0.3 is 9.30 Å². The molecule has 1 aromatic heterocycles. The number of hydrogen-bond donors (Lipinski definition) is 0. The van der Waals surface area contributed by atoms with Crippen LogP contribution in [0, 0.1) is 0 Å². The molecule has 3 nitrogen and oxygen atoms in total. The van der Waals surface area contributed by atoms with Crippen molar-refractivity contribution in [1.82, 2.24) is 4.57 Å². The van der Waals surface area contributed by atoms with E-state index in [1.165, 1.54) is 29.1 Å². The van der Waals surface area contributed by atoms with E-state index in [1.54, 1.807) is 0 Å². The van der Waals surface area contributed by atoms with Crippen molar-refractivity contribution in [3.63, 3.8) is 0 Å². The third-order valence-corrected chi connectivity index (χ3v) is 1.37. The molecule has 0 aliphatic heterocycles. The maximum atomic E-state index is 11.6. The van der Waals surface area contributed by atoms with Crippen LogP contribution >= 0.6 is 0 Å². The van der Waals surface area contributed by atoms with Gasteiger partial charge >= 0.3 is 6.18 Å². The Morgan fingerprint density at radius 3 is 2.36 bits per heavy atom. The molecule has 0 aliphatic rings. The van der Waals surface area contributed by atoms with Crippen LogP contribution in [-0.4, -0.2) is 17.4 Å². The Hall–Kier alpha value is -1.30. The lowest BCUT2D eigenvalue weighted by Crippen LogP contribution is -2.18. The molecular weight excluding hydrogens is 199 g/mol. The first-order valence-electron chi connectivity index (χ1n) is 3.78. The van der Waals surface area contributed by atoms with Crippen LogP contribution in [-0.2, 0) is 11.5 Å². The largest absolute Gasteiger partial charge is 0.411 e. The smallest absolute Gasteiger partial charge is 0.351 e. The van der Waals surface area contributed by atoms with E-state index in [1.807, 2.05) is 0 Å². The van der Waals surface area contributed by atoms with E-state index < -0.39 is 12.8 Å². The van der Waals surface area contributed by atoms with Crippen LogP contribution < -0.4 is 5.43 Å². The van der Waals surface area contributed by atoms with Crippen molar-refractivity contribution >= 4 is 0 Å². The summed E-state index contributed by atoms with van der Waals surface area (Å²) < 4.78 is 40.6. The van der Waals surface area contributed by atoms with Gasteiger partial charge in [0.2, 0.25) is 0 Å². The van der Waals surface area contributed by atoms with E-state index in [2.05, 4.69) is 4.74 Å². The minimum absolute atomic E-state index is 0.197. The number of hydrogen-bond acceptors (Lipinski definition) is 2. The minimum Gasteiger partial charge on any atom is -0.351 e. The van der Waals surface area contributed by atoms with Gasteiger partial charge in [-0.3, -0.25) is 4.79 Å². The molecule has 1 aromatic rings. The zero-order chi connectivity index (χ0) is 10.6. The van der Waals surface area contributed by atoms with Crippen LogP contribution in [0.4, 0.5) is 13.2 Å². The van der Waals surface area contributed by atoms with E-state index in [4.69, 9.17) is 0 Å². The highest BCUT2D eigenvalue weighted by atomic mass is 19.4. The molecule has 0 aromatic carbocycles. The highest BCUT2D eigenvalue weighted by Crippen LogP contribution is 2.14. The van der Waals surface area contributed by atoms with Gasteiger partial charge in [0.15, 0.2) is 5.43 Å². The van der Waals surface area contributed by atoms with E-state index in [-0.39, 0.29) is 12.2 Å². The lowest BCUT2D eigenvalue weighted by molar-refractivity contribution is -0.181. The van der Waals surface area contributed by atoms with Crippen LogP contribution in [0.2, 0.25) is 0 Å². The predicted molar refractivity (Wildman–Crippen MR) is 42.7 cm³/mol. The number of rotatable bonds is 3. The number of ether oxygens (including phenoxy) is 1. The first-order chi connectivity index (χ1) is 6.47. The molecule has 0 N–H and O–H groups in total. The van der Waals surface area contributed by atoms with Crippen molar-refractivity contribution in [1.29, 1.82) is 0 Å². The van der Waals surface area contributed by atoms with Gasteiger partial charge in [-0.05, 0) is 0 Å². The average Bonchev–Trinajstić information content (AvgIpc) is 2.06. The summed E-state index contributed by atoms with van der Waals surface area (Å²) in [5.74, 6) is 0. The van der Waals surface area contributed by atoms with Crippen molar-refractivity contribution in [2.24, 2.45) is 0 Å². The molecule has 0 radical (unpaired) electrons. The lowest BCUT2D eigenvalue weighted by atomic mass is 10.5. The Balaban J connectivity index is 2.39. The van der Waals surface area contributed by atoms with Gasteiger partial charge in [0, 0.05) is 24.5 Å². The first-order valence-corrected chi connectivity index (χ1v) is 3.78. The zero-order valence-electron chi connectivity index (χ0n) is 7.12. The van der Waals surface area contributed by atoms with Crippen LogP contribution in [0.15, 0.2) is 29.3 Å². The van der Waals surface area contributed by atoms with Gasteiger partial charge in [-0.2, -0.15) is 13.2 Å². The van der Waals surface area contributed by atoms with E-state index in [0.717, 1.165) is 0 Å². The number of alkyl halides is 3. The molecule has 78 valence electrons. The van der Waals surface area contributed by atoms with Crippen molar-refractivity contribution < 1.29 is 17.9 Å². The zero-order valence-corrected chi connectivity index (χ0v) is 7.12. The molecule has 0 saturated carbocycles. The van der Waals surface area contributed by atoms with Crippen LogP contribution in [0.1, 0.15) is 0 Å². The molecule has 0 unspecified atom stereocenters. The fourth-order valence-electron chi connectivity index (χ4n) is 0.796. The maximum absolute atomic E-state index is 11.6. The highest BCUT2D eigenvalue weighted by Gasteiger charge is 2.27. The van der Waals surface area contributed by atoms with Gasteiger partial charge in [0.1, 0.15) is 13.3 Å². The summed E-state index contributed by atoms with van der Waals surface area (Å²) in [6.45, 7) is -1.51. The molecule has 6 heteroatoms. The highest BCUT2D eigenvalue weighted by molar-refractivity contribution is 4.92. The number of aromatic nitrogens is 1. The summed E-state index contributed by atoms with van der Waals surface area (Å²) in [5.41, 5.74) is -0.197.